The van der Waals surface area contributed by atoms with Crippen molar-refractivity contribution < 1.29 is 9.32 Å². The van der Waals surface area contributed by atoms with Crippen LogP contribution >= 0.6 is 0 Å². The van der Waals surface area contributed by atoms with Crippen molar-refractivity contribution in [2.75, 3.05) is 12.0 Å². The number of nitrogen functional groups attached to an aromatic ring is 1. The predicted octanol–water partition coefficient (Wildman–Crippen LogP) is -0.277. The number of hydrogen-bond acceptors (Lipinski definition) is 7. The van der Waals surface area contributed by atoms with Gasteiger partial charge in [0.25, 0.3) is 5.91 Å². The van der Waals surface area contributed by atoms with Gasteiger partial charge in [-0.3, -0.25) is 15.6 Å². The molecule has 0 fully saturated rings. The molecule has 8 heteroatoms. The Labute approximate surface area is 103 Å². The standard InChI is InChI=1S/C10H12N6O2/c11-16-8-1-3-12-5-7(8)10(17)13-4-2-9-14-6-15-18-9/h1,3,5-6H,2,4,11H2,(H,12,16)(H,13,17). The molecule has 4 N–H and O–H groups in total. The minimum atomic E-state index is -0.268. The smallest absolute Gasteiger partial charge is 0.255 e. The largest absolute Gasteiger partial charge is 0.351 e. The Morgan fingerprint density at radius 3 is 3.11 bits per heavy atom. The molecule has 0 atom stereocenters. The van der Waals surface area contributed by atoms with E-state index in [2.05, 4.69) is 25.9 Å². The second kappa shape index (κ2) is 5.73. The molecule has 0 aromatic carbocycles. The minimum Gasteiger partial charge on any atom is -0.351 e. The zero-order valence-corrected chi connectivity index (χ0v) is 9.46. The first-order valence-corrected chi connectivity index (χ1v) is 5.25. The van der Waals surface area contributed by atoms with Gasteiger partial charge in [-0.25, -0.2) is 0 Å². The number of hydrazine groups is 1. The predicted molar refractivity (Wildman–Crippen MR) is 62.4 cm³/mol. The molecule has 94 valence electrons. The van der Waals surface area contributed by atoms with E-state index in [1.165, 1.54) is 12.5 Å². The average molecular weight is 248 g/mol. The number of aromatic nitrogens is 3. The lowest BCUT2D eigenvalue weighted by Crippen LogP contribution is -2.27. The molecule has 2 rings (SSSR count). The van der Waals surface area contributed by atoms with Gasteiger partial charge in [-0.15, -0.1) is 0 Å². The zero-order chi connectivity index (χ0) is 12.8. The fourth-order valence-corrected chi connectivity index (χ4v) is 1.39. The summed E-state index contributed by atoms with van der Waals surface area (Å²) >= 11 is 0. The van der Waals surface area contributed by atoms with Crippen LogP contribution in [0.2, 0.25) is 0 Å². The molecule has 0 spiro atoms. The molecule has 2 aromatic rings. The highest BCUT2D eigenvalue weighted by molar-refractivity contribution is 5.99. The number of anilines is 1. The summed E-state index contributed by atoms with van der Waals surface area (Å²) in [5, 5.41) is 6.18. The molecule has 2 heterocycles. The number of hydrogen-bond donors (Lipinski definition) is 3. The number of nitrogens with one attached hydrogen (secondary N) is 2. The van der Waals surface area contributed by atoms with Crippen LogP contribution in [0, 0.1) is 0 Å². The van der Waals surface area contributed by atoms with E-state index in [1.54, 1.807) is 12.3 Å². The quantitative estimate of drug-likeness (QED) is 0.492. The average Bonchev–Trinajstić information content (AvgIpc) is 2.91. The minimum absolute atomic E-state index is 0.268. The van der Waals surface area contributed by atoms with Crippen LogP contribution in [-0.2, 0) is 6.42 Å². The maximum absolute atomic E-state index is 11.8. The Hall–Kier alpha value is -2.48. The molecule has 1 amide bonds. The van der Waals surface area contributed by atoms with Gasteiger partial charge >= 0.3 is 0 Å². The summed E-state index contributed by atoms with van der Waals surface area (Å²) in [5.74, 6) is 5.51. The van der Waals surface area contributed by atoms with Crippen molar-refractivity contribution in [3.63, 3.8) is 0 Å². The Morgan fingerprint density at radius 2 is 2.39 bits per heavy atom. The Balaban J connectivity index is 1.91. The topological polar surface area (TPSA) is 119 Å². The van der Waals surface area contributed by atoms with E-state index in [1.807, 2.05) is 0 Å². The molecular weight excluding hydrogens is 236 g/mol. The molecule has 8 nitrogen and oxygen atoms in total. The fraction of sp³-hybridized carbons (Fsp3) is 0.200. The first kappa shape index (κ1) is 12.0. The van der Waals surface area contributed by atoms with Crippen molar-refractivity contribution in [2.45, 2.75) is 6.42 Å². The Morgan fingerprint density at radius 1 is 1.50 bits per heavy atom. The number of pyridine rings is 1. The van der Waals surface area contributed by atoms with Crippen molar-refractivity contribution >= 4 is 11.6 Å². The van der Waals surface area contributed by atoms with Gasteiger partial charge in [0.05, 0.1) is 11.3 Å². The highest BCUT2D eigenvalue weighted by Crippen LogP contribution is 2.11. The van der Waals surface area contributed by atoms with Crippen molar-refractivity contribution in [2.24, 2.45) is 5.84 Å². The first-order valence-electron chi connectivity index (χ1n) is 5.25. The van der Waals surface area contributed by atoms with Crippen LogP contribution in [0.5, 0.6) is 0 Å². The number of amides is 1. The van der Waals surface area contributed by atoms with Crippen LogP contribution < -0.4 is 16.6 Å². The van der Waals surface area contributed by atoms with Crippen LogP contribution in [0.1, 0.15) is 16.2 Å². The lowest BCUT2D eigenvalue weighted by Gasteiger charge is -2.07. The molecule has 18 heavy (non-hydrogen) atoms. The SMILES string of the molecule is NNc1ccncc1C(=O)NCCc1ncno1. The summed E-state index contributed by atoms with van der Waals surface area (Å²) in [6, 6.07) is 1.62. The fourth-order valence-electron chi connectivity index (χ4n) is 1.39. The van der Waals surface area contributed by atoms with Crippen LogP contribution in [0.3, 0.4) is 0 Å². The van der Waals surface area contributed by atoms with E-state index < -0.39 is 0 Å². The third-order valence-electron chi connectivity index (χ3n) is 2.25. The van der Waals surface area contributed by atoms with E-state index in [4.69, 9.17) is 10.4 Å². The number of nitrogens with two attached hydrogens (primary N) is 1. The van der Waals surface area contributed by atoms with E-state index >= 15 is 0 Å². The summed E-state index contributed by atoms with van der Waals surface area (Å²) in [6.07, 6.45) is 4.77. The molecule has 0 aliphatic rings. The highest BCUT2D eigenvalue weighted by Gasteiger charge is 2.10. The molecule has 0 aliphatic heterocycles. The van der Waals surface area contributed by atoms with Gasteiger partial charge in [-0.1, -0.05) is 5.16 Å². The molecule has 0 unspecified atom stereocenters. The summed E-state index contributed by atoms with van der Waals surface area (Å²) in [6.45, 7) is 0.389. The summed E-state index contributed by atoms with van der Waals surface area (Å²) < 4.78 is 4.81. The number of carbonyl (C=O) groups is 1. The summed E-state index contributed by atoms with van der Waals surface area (Å²) in [7, 11) is 0. The lowest BCUT2D eigenvalue weighted by molar-refractivity contribution is 0.0954. The first-order chi connectivity index (χ1) is 8.81. The van der Waals surface area contributed by atoms with Crippen LogP contribution in [0.4, 0.5) is 5.69 Å². The van der Waals surface area contributed by atoms with Gasteiger partial charge in [-0.05, 0) is 6.07 Å². The van der Waals surface area contributed by atoms with Crippen molar-refractivity contribution in [3.05, 3.63) is 36.2 Å². The van der Waals surface area contributed by atoms with E-state index in [9.17, 15) is 4.79 Å². The highest BCUT2D eigenvalue weighted by atomic mass is 16.5. The summed E-state index contributed by atoms with van der Waals surface area (Å²) in [5.41, 5.74) is 3.33. The van der Waals surface area contributed by atoms with Crippen LogP contribution in [-0.4, -0.2) is 27.6 Å². The third kappa shape index (κ3) is 2.80. The normalized spacial score (nSPS) is 10.1. The van der Waals surface area contributed by atoms with Gasteiger partial charge in [0, 0.05) is 25.4 Å². The van der Waals surface area contributed by atoms with E-state index in [0.717, 1.165) is 0 Å². The van der Waals surface area contributed by atoms with Crippen LogP contribution in [0.15, 0.2) is 29.3 Å². The Kier molecular flexibility index (Phi) is 3.82. The number of carbonyl (C=O) groups excluding carboxylic acids is 1. The molecule has 0 saturated heterocycles. The molecule has 2 aromatic heterocycles. The van der Waals surface area contributed by atoms with Gasteiger partial charge in [-0.2, -0.15) is 4.98 Å². The maximum atomic E-state index is 11.8. The van der Waals surface area contributed by atoms with Crippen molar-refractivity contribution in [1.29, 1.82) is 0 Å². The van der Waals surface area contributed by atoms with Crippen LogP contribution in [0.25, 0.3) is 0 Å². The van der Waals surface area contributed by atoms with Gasteiger partial charge in [0.1, 0.15) is 0 Å². The number of rotatable bonds is 5. The molecule has 0 aliphatic carbocycles. The monoisotopic (exact) mass is 248 g/mol. The van der Waals surface area contributed by atoms with Gasteiger partial charge in [0.15, 0.2) is 6.33 Å². The van der Waals surface area contributed by atoms with Gasteiger partial charge in [0.2, 0.25) is 5.89 Å². The van der Waals surface area contributed by atoms with Gasteiger partial charge < -0.3 is 15.3 Å². The number of nitrogens with zero attached hydrogens (tertiary/aromatic N) is 3. The second-order valence-electron chi connectivity index (χ2n) is 3.41. The molecular formula is C10H12N6O2. The Bertz CT molecular complexity index is 513. The maximum Gasteiger partial charge on any atom is 0.255 e. The second-order valence-corrected chi connectivity index (χ2v) is 3.41. The molecule has 0 radical (unpaired) electrons. The van der Waals surface area contributed by atoms with E-state index in [-0.39, 0.29) is 5.91 Å². The van der Waals surface area contributed by atoms with Crippen molar-refractivity contribution in [3.8, 4) is 0 Å². The zero-order valence-electron chi connectivity index (χ0n) is 9.46. The van der Waals surface area contributed by atoms with Crippen molar-refractivity contribution in [1.82, 2.24) is 20.4 Å². The molecule has 0 bridgehead atoms. The third-order valence-corrected chi connectivity index (χ3v) is 2.25. The molecule has 0 saturated carbocycles. The summed E-state index contributed by atoms with van der Waals surface area (Å²) in [4.78, 5) is 19.6. The lowest BCUT2D eigenvalue weighted by atomic mass is 10.2. The van der Waals surface area contributed by atoms with E-state index in [0.29, 0.717) is 30.1 Å².